The van der Waals surface area contributed by atoms with Crippen molar-refractivity contribution in [2.45, 2.75) is 25.9 Å². The van der Waals surface area contributed by atoms with E-state index in [0.29, 0.717) is 21.4 Å². The molecule has 8 heteroatoms. The number of benzene rings is 2. The Morgan fingerprint density at radius 2 is 2.03 bits per heavy atom. The molecule has 152 valence electrons. The van der Waals surface area contributed by atoms with Crippen molar-refractivity contribution in [3.8, 4) is 11.8 Å². The number of hydrogen-bond acceptors (Lipinski definition) is 4. The number of hydrogen-bond donors (Lipinski definition) is 0. The first-order valence-electron chi connectivity index (χ1n) is 9.10. The highest BCUT2D eigenvalue weighted by atomic mass is 79.9. The van der Waals surface area contributed by atoms with Crippen molar-refractivity contribution < 1.29 is 4.74 Å². The number of aryl methyl sites for hydroxylation is 1. The molecule has 1 aliphatic rings. The Hall–Kier alpha value is -1.36. The summed E-state index contributed by atoms with van der Waals surface area (Å²) >= 11 is 20.9. The standard InChI is InChI=1S/C22H14Br2Cl2N2OS/c23-14-6-13(10-28-22-17(9-27)16-2-1-3-20(16)30-22)21(18(24)7-14)29-11-12-4-5-15(25)8-19(12)26/h4-8,10H,1-3,11H2/b28-10-. The number of aliphatic imine (C=N–C) groups is 1. The van der Waals surface area contributed by atoms with Gasteiger partial charge in [0.05, 0.1) is 10.0 Å². The fourth-order valence-electron chi connectivity index (χ4n) is 3.34. The molecule has 1 heterocycles. The summed E-state index contributed by atoms with van der Waals surface area (Å²) in [6, 6.07) is 11.5. The lowest BCUT2D eigenvalue weighted by molar-refractivity contribution is 0.304. The maximum absolute atomic E-state index is 9.59. The average Bonchev–Trinajstić information content (AvgIpc) is 3.27. The van der Waals surface area contributed by atoms with Crippen molar-refractivity contribution in [3.63, 3.8) is 0 Å². The maximum atomic E-state index is 9.59. The van der Waals surface area contributed by atoms with E-state index in [2.05, 4.69) is 42.9 Å². The Morgan fingerprint density at radius 3 is 2.80 bits per heavy atom. The van der Waals surface area contributed by atoms with E-state index < -0.39 is 0 Å². The molecule has 0 radical (unpaired) electrons. The summed E-state index contributed by atoms with van der Waals surface area (Å²) in [5, 5.41) is 11.5. The van der Waals surface area contributed by atoms with E-state index in [-0.39, 0.29) is 6.61 Å². The molecule has 0 fully saturated rings. The summed E-state index contributed by atoms with van der Waals surface area (Å²) in [5.74, 6) is 0.649. The second kappa shape index (κ2) is 9.42. The second-order valence-corrected chi connectivity index (χ2v) is 10.4. The molecule has 0 spiro atoms. The fraction of sp³-hybridized carbons (Fsp3) is 0.182. The SMILES string of the molecule is N#Cc1c(/N=C\c2cc(Br)cc(Br)c2OCc2ccc(Cl)cc2Cl)sc2c1CCC2. The van der Waals surface area contributed by atoms with Gasteiger partial charge >= 0.3 is 0 Å². The molecule has 0 unspecified atom stereocenters. The van der Waals surface area contributed by atoms with E-state index in [0.717, 1.165) is 44.3 Å². The third kappa shape index (κ3) is 4.61. The summed E-state index contributed by atoms with van der Waals surface area (Å²) in [7, 11) is 0. The van der Waals surface area contributed by atoms with E-state index in [1.54, 1.807) is 29.7 Å². The highest BCUT2D eigenvalue weighted by molar-refractivity contribution is 9.11. The molecular weight excluding hydrogens is 571 g/mol. The third-order valence-corrected chi connectivity index (χ3v) is 7.59. The van der Waals surface area contributed by atoms with Crippen LogP contribution in [0.3, 0.4) is 0 Å². The lowest BCUT2D eigenvalue weighted by atomic mass is 10.1. The Bertz CT molecular complexity index is 1200. The van der Waals surface area contributed by atoms with Crippen LogP contribution in [-0.4, -0.2) is 6.21 Å². The Balaban J connectivity index is 1.64. The van der Waals surface area contributed by atoms with Crippen LogP contribution in [0.1, 0.15) is 33.6 Å². The van der Waals surface area contributed by atoms with Gasteiger partial charge in [-0.15, -0.1) is 11.3 Å². The molecule has 0 N–H and O–H groups in total. The van der Waals surface area contributed by atoms with Gasteiger partial charge in [-0.1, -0.05) is 45.2 Å². The molecule has 0 aliphatic heterocycles. The summed E-state index contributed by atoms with van der Waals surface area (Å²) in [5.41, 5.74) is 3.49. The number of nitrogens with zero attached hydrogens (tertiary/aromatic N) is 2. The van der Waals surface area contributed by atoms with Crippen molar-refractivity contribution in [1.29, 1.82) is 5.26 Å². The molecule has 4 rings (SSSR count). The number of halogens is 4. The van der Waals surface area contributed by atoms with E-state index in [9.17, 15) is 5.26 Å². The monoisotopic (exact) mass is 582 g/mol. The van der Waals surface area contributed by atoms with Crippen LogP contribution in [0.15, 0.2) is 44.3 Å². The normalized spacial score (nSPS) is 12.9. The fourth-order valence-corrected chi connectivity index (χ4v) is 6.36. The molecule has 0 amide bonds. The van der Waals surface area contributed by atoms with Gasteiger partial charge in [-0.3, -0.25) is 0 Å². The molecule has 0 atom stereocenters. The highest BCUT2D eigenvalue weighted by Crippen LogP contribution is 2.41. The van der Waals surface area contributed by atoms with E-state index in [1.165, 1.54) is 10.4 Å². The number of fused-ring (bicyclic) bond motifs is 1. The first-order chi connectivity index (χ1) is 14.5. The van der Waals surface area contributed by atoms with Crippen LogP contribution >= 0.6 is 66.4 Å². The van der Waals surface area contributed by atoms with Crippen LogP contribution in [0.2, 0.25) is 10.0 Å². The first-order valence-corrected chi connectivity index (χ1v) is 12.3. The molecule has 0 saturated carbocycles. The van der Waals surface area contributed by atoms with Gasteiger partial charge in [-0.05, 0) is 65.0 Å². The lowest BCUT2D eigenvalue weighted by Crippen LogP contribution is -2.00. The van der Waals surface area contributed by atoms with Crippen molar-refractivity contribution in [3.05, 3.63) is 76.5 Å². The molecule has 0 bridgehead atoms. The van der Waals surface area contributed by atoms with Gasteiger partial charge in [0.15, 0.2) is 0 Å². The van der Waals surface area contributed by atoms with Gasteiger partial charge < -0.3 is 4.74 Å². The zero-order valence-corrected chi connectivity index (χ0v) is 21.0. The topological polar surface area (TPSA) is 45.4 Å². The zero-order valence-electron chi connectivity index (χ0n) is 15.5. The molecule has 1 aromatic heterocycles. The van der Waals surface area contributed by atoms with Crippen LogP contribution in [0, 0.1) is 11.3 Å². The Morgan fingerprint density at radius 1 is 1.20 bits per heavy atom. The van der Waals surface area contributed by atoms with Gasteiger partial charge in [0.1, 0.15) is 23.4 Å². The number of nitriles is 1. The van der Waals surface area contributed by atoms with Gasteiger partial charge in [0.2, 0.25) is 0 Å². The average molecular weight is 585 g/mol. The first kappa shape index (κ1) is 21.9. The number of thiophene rings is 1. The lowest BCUT2D eigenvalue weighted by Gasteiger charge is -2.13. The van der Waals surface area contributed by atoms with E-state index in [1.807, 2.05) is 18.2 Å². The molecule has 3 aromatic rings. The minimum atomic E-state index is 0.286. The summed E-state index contributed by atoms with van der Waals surface area (Å²) in [6.45, 7) is 0.286. The van der Waals surface area contributed by atoms with Crippen LogP contribution < -0.4 is 4.74 Å². The van der Waals surface area contributed by atoms with Crippen molar-refractivity contribution in [1.82, 2.24) is 0 Å². The van der Waals surface area contributed by atoms with E-state index >= 15 is 0 Å². The minimum Gasteiger partial charge on any atom is -0.487 e. The van der Waals surface area contributed by atoms with Crippen LogP contribution in [0.25, 0.3) is 0 Å². The molecule has 3 nitrogen and oxygen atoms in total. The Labute approximate surface area is 205 Å². The predicted molar refractivity (Wildman–Crippen MR) is 131 cm³/mol. The van der Waals surface area contributed by atoms with Gasteiger partial charge in [-0.2, -0.15) is 5.26 Å². The largest absolute Gasteiger partial charge is 0.487 e. The van der Waals surface area contributed by atoms with Crippen LogP contribution in [-0.2, 0) is 19.4 Å². The third-order valence-electron chi connectivity index (χ3n) is 4.76. The summed E-state index contributed by atoms with van der Waals surface area (Å²) in [4.78, 5) is 5.92. The minimum absolute atomic E-state index is 0.286. The van der Waals surface area contributed by atoms with Gasteiger partial charge in [0, 0.05) is 36.7 Å². The second-order valence-electron chi connectivity index (χ2n) is 6.74. The van der Waals surface area contributed by atoms with Crippen molar-refractivity contribution in [2.24, 2.45) is 4.99 Å². The summed E-state index contributed by atoms with van der Waals surface area (Å²) in [6.07, 6.45) is 4.85. The smallest absolute Gasteiger partial charge is 0.142 e. The van der Waals surface area contributed by atoms with E-state index in [4.69, 9.17) is 27.9 Å². The molecular formula is C22H14Br2Cl2N2OS. The quantitative estimate of drug-likeness (QED) is 0.283. The molecule has 30 heavy (non-hydrogen) atoms. The van der Waals surface area contributed by atoms with Gasteiger partial charge in [-0.25, -0.2) is 4.99 Å². The molecule has 0 saturated heterocycles. The van der Waals surface area contributed by atoms with Crippen molar-refractivity contribution >= 4 is 77.6 Å². The molecule has 1 aliphatic carbocycles. The zero-order chi connectivity index (χ0) is 21.3. The predicted octanol–water partition coefficient (Wildman–Crippen LogP) is 8.27. The maximum Gasteiger partial charge on any atom is 0.142 e. The Kier molecular flexibility index (Phi) is 6.86. The van der Waals surface area contributed by atoms with Crippen LogP contribution in [0.4, 0.5) is 5.00 Å². The number of rotatable bonds is 5. The van der Waals surface area contributed by atoms with Crippen LogP contribution in [0.5, 0.6) is 5.75 Å². The molecule has 2 aromatic carbocycles. The van der Waals surface area contributed by atoms with Gasteiger partial charge in [0.25, 0.3) is 0 Å². The van der Waals surface area contributed by atoms with Crippen molar-refractivity contribution in [2.75, 3.05) is 0 Å². The number of ether oxygens (including phenoxy) is 1. The summed E-state index contributed by atoms with van der Waals surface area (Å²) < 4.78 is 7.77. The highest BCUT2D eigenvalue weighted by Gasteiger charge is 2.21.